The van der Waals surface area contributed by atoms with Crippen LogP contribution in [0, 0.1) is 0 Å². The third-order valence-electron chi connectivity index (χ3n) is 1.97. The minimum absolute atomic E-state index is 0.125. The van der Waals surface area contributed by atoms with Gasteiger partial charge in [0.1, 0.15) is 11.5 Å². The van der Waals surface area contributed by atoms with Crippen LogP contribution in [0.15, 0.2) is 18.2 Å². The number of carbonyl (C=O) groups is 2. The molecule has 0 saturated carbocycles. The first-order valence-corrected chi connectivity index (χ1v) is 4.63. The van der Waals surface area contributed by atoms with Gasteiger partial charge in [-0.3, -0.25) is 4.79 Å². The van der Waals surface area contributed by atoms with Gasteiger partial charge in [-0.25, -0.2) is 4.79 Å². The molecule has 0 radical (unpaired) electrons. The van der Waals surface area contributed by atoms with Crippen molar-refractivity contribution >= 4 is 11.9 Å². The summed E-state index contributed by atoms with van der Waals surface area (Å²) in [6.45, 7) is -0.478. The van der Waals surface area contributed by atoms with E-state index in [1.165, 1.54) is 12.1 Å². The highest BCUT2D eigenvalue weighted by Crippen LogP contribution is 2.22. The van der Waals surface area contributed by atoms with E-state index in [2.05, 4.69) is 5.32 Å². The third-order valence-corrected chi connectivity index (χ3v) is 1.97. The largest absolute Gasteiger partial charge is 0.508 e. The van der Waals surface area contributed by atoms with Gasteiger partial charge >= 0.3 is 5.97 Å². The van der Waals surface area contributed by atoms with Gasteiger partial charge < -0.3 is 25.7 Å². The Morgan fingerprint density at radius 1 is 1.29 bits per heavy atom. The molecule has 0 heterocycles. The minimum Gasteiger partial charge on any atom is -0.508 e. The van der Waals surface area contributed by atoms with Crippen LogP contribution in [-0.2, 0) is 4.79 Å². The summed E-state index contributed by atoms with van der Waals surface area (Å²) in [5, 5.41) is 37.8. The summed E-state index contributed by atoms with van der Waals surface area (Å²) in [7, 11) is 0. The number of phenols is 2. The predicted octanol–water partition coefficient (Wildman–Crippen LogP) is -0.727. The zero-order valence-electron chi connectivity index (χ0n) is 8.62. The number of aromatic hydroxyl groups is 2. The number of nitrogens with one attached hydrogen (secondary N) is 1. The molecule has 1 rings (SSSR count). The lowest BCUT2D eigenvalue weighted by atomic mass is 10.1. The van der Waals surface area contributed by atoms with Gasteiger partial charge in [0, 0.05) is 6.07 Å². The van der Waals surface area contributed by atoms with Gasteiger partial charge in [-0.2, -0.15) is 0 Å². The number of rotatable bonds is 4. The molecule has 1 aromatic rings. The number of hydrogen-bond acceptors (Lipinski definition) is 5. The van der Waals surface area contributed by atoms with E-state index in [1.807, 2.05) is 0 Å². The molecule has 0 aliphatic rings. The van der Waals surface area contributed by atoms with Crippen LogP contribution in [0.3, 0.4) is 0 Å². The predicted molar refractivity (Wildman–Crippen MR) is 55.7 cm³/mol. The second kappa shape index (κ2) is 5.17. The monoisotopic (exact) mass is 241 g/mol. The molecule has 17 heavy (non-hydrogen) atoms. The Morgan fingerprint density at radius 3 is 2.47 bits per heavy atom. The molecule has 0 bridgehead atoms. The number of hydrogen-bond donors (Lipinski definition) is 5. The lowest BCUT2D eigenvalue weighted by molar-refractivity contribution is -0.146. The summed E-state index contributed by atoms with van der Waals surface area (Å²) in [4.78, 5) is 21.7. The number of carboxylic acids is 1. The van der Waals surface area contributed by atoms with Crippen LogP contribution < -0.4 is 5.32 Å². The van der Waals surface area contributed by atoms with E-state index in [4.69, 9.17) is 15.3 Å². The van der Waals surface area contributed by atoms with Gasteiger partial charge in [-0.05, 0) is 12.1 Å². The second-order valence-corrected chi connectivity index (χ2v) is 3.27. The number of aliphatic carboxylic acids is 1. The fraction of sp³-hybridized carbons (Fsp3) is 0.200. The summed E-state index contributed by atoms with van der Waals surface area (Å²) in [6, 6.07) is 3.35. The Balaban J connectivity index is 2.67. The maximum absolute atomic E-state index is 11.4. The van der Waals surface area contributed by atoms with Gasteiger partial charge in [0.15, 0.2) is 6.10 Å². The number of aliphatic hydroxyl groups is 1. The molecule has 5 N–H and O–H groups in total. The lowest BCUT2D eigenvalue weighted by Gasteiger charge is -2.08. The second-order valence-electron chi connectivity index (χ2n) is 3.27. The summed E-state index contributed by atoms with van der Waals surface area (Å²) in [5.41, 5.74) is -0.125. The molecule has 1 unspecified atom stereocenters. The number of amides is 1. The topological polar surface area (TPSA) is 127 Å². The van der Waals surface area contributed by atoms with Crippen LogP contribution in [0.2, 0.25) is 0 Å². The van der Waals surface area contributed by atoms with Crippen LogP contribution in [0.25, 0.3) is 0 Å². The van der Waals surface area contributed by atoms with Crippen LogP contribution >= 0.6 is 0 Å². The van der Waals surface area contributed by atoms with Crippen molar-refractivity contribution < 1.29 is 30.0 Å². The van der Waals surface area contributed by atoms with Gasteiger partial charge in [-0.15, -0.1) is 0 Å². The van der Waals surface area contributed by atoms with Crippen molar-refractivity contribution in [3.05, 3.63) is 23.8 Å². The third kappa shape index (κ3) is 3.35. The van der Waals surface area contributed by atoms with E-state index in [0.717, 1.165) is 6.07 Å². The summed E-state index contributed by atoms with van der Waals surface area (Å²) in [5.74, 6) is -2.85. The average molecular weight is 241 g/mol. The average Bonchev–Trinajstić information content (AvgIpc) is 2.25. The smallest absolute Gasteiger partial charge is 0.334 e. The molecule has 1 atom stereocenters. The molecular formula is C10H11NO6. The first-order valence-electron chi connectivity index (χ1n) is 4.63. The van der Waals surface area contributed by atoms with Gasteiger partial charge in [0.2, 0.25) is 0 Å². The molecule has 0 fully saturated rings. The maximum atomic E-state index is 11.4. The Hall–Kier alpha value is -2.28. The Morgan fingerprint density at radius 2 is 1.94 bits per heavy atom. The molecule has 0 aromatic heterocycles. The van der Waals surface area contributed by atoms with Crippen LogP contribution in [0.5, 0.6) is 11.5 Å². The molecule has 7 heteroatoms. The van der Waals surface area contributed by atoms with E-state index < -0.39 is 30.3 Å². The highest BCUT2D eigenvalue weighted by Gasteiger charge is 2.16. The molecule has 0 aliphatic carbocycles. The van der Waals surface area contributed by atoms with Crippen LogP contribution in [0.4, 0.5) is 0 Å². The number of carbonyl (C=O) groups excluding carboxylic acids is 1. The van der Waals surface area contributed by atoms with Crippen LogP contribution in [-0.4, -0.2) is 45.0 Å². The standard InChI is InChI=1S/C10H11NO6/c12-5-1-2-6(7(13)3-5)9(15)11-4-8(14)10(16)17/h1-3,8,12-14H,4H2,(H,11,15)(H,16,17). The van der Waals surface area contributed by atoms with Gasteiger partial charge in [0.25, 0.3) is 5.91 Å². The summed E-state index contributed by atoms with van der Waals surface area (Å²) < 4.78 is 0. The summed E-state index contributed by atoms with van der Waals surface area (Å²) in [6.07, 6.45) is -1.71. The maximum Gasteiger partial charge on any atom is 0.334 e. The highest BCUT2D eigenvalue weighted by molar-refractivity contribution is 5.97. The van der Waals surface area contributed by atoms with Crippen LogP contribution in [0.1, 0.15) is 10.4 Å². The van der Waals surface area contributed by atoms with Crippen molar-refractivity contribution in [1.82, 2.24) is 5.32 Å². The van der Waals surface area contributed by atoms with Crippen molar-refractivity contribution in [1.29, 1.82) is 0 Å². The SMILES string of the molecule is O=C(NCC(O)C(=O)O)c1ccc(O)cc1O. The zero-order chi connectivity index (χ0) is 13.0. The molecule has 7 nitrogen and oxygen atoms in total. The van der Waals surface area contributed by atoms with Crippen molar-refractivity contribution in [2.24, 2.45) is 0 Å². The molecule has 0 aliphatic heterocycles. The summed E-state index contributed by atoms with van der Waals surface area (Å²) >= 11 is 0. The number of carboxylic acid groups (broad SMARTS) is 1. The van der Waals surface area contributed by atoms with Crippen molar-refractivity contribution in [3.63, 3.8) is 0 Å². The van der Waals surface area contributed by atoms with E-state index in [0.29, 0.717) is 0 Å². The molecule has 92 valence electrons. The molecular weight excluding hydrogens is 230 g/mol. The quantitative estimate of drug-likeness (QED) is 0.473. The molecule has 1 aromatic carbocycles. The minimum atomic E-state index is -1.71. The molecule has 0 spiro atoms. The highest BCUT2D eigenvalue weighted by atomic mass is 16.4. The van der Waals surface area contributed by atoms with Gasteiger partial charge in [-0.1, -0.05) is 0 Å². The Labute approximate surface area is 95.9 Å². The lowest BCUT2D eigenvalue weighted by Crippen LogP contribution is -2.36. The fourth-order valence-corrected chi connectivity index (χ4v) is 1.08. The molecule has 0 saturated heterocycles. The zero-order valence-corrected chi connectivity index (χ0v) is 8.62. The Kier molecular flexibility index (Phi) is 3.89. The first kappa shape index (κ1) is 12.8. The number of aliphatic hydroxyl groups excluding tert-OH is 1. The van der Waals surface area contributed by atoms with Gasteiger partial charge in [0.05, 0.1) is 12.1 Å². The first-order chi connectivity index (χ1) is 7.91. The normalized spacial score (nSPS) is 11.8. The van der Waals surface area contributed by atoms with E-state index in [1.54, 1.807) is 0 Å². The van der Waals surface area contributed by atoms with E-state index in [9.17, 15) is 14.7 Å². The molecule has 1 amide bonds. The number of phenolic OH excluding ortho intramolecular Hbond substituents is 2. The Bertz CT molecular complexity index is 444. The van der Waals surface area contributed by atoms with Crippen molar-refractivity contribution in [2.45, 2.75) is 6.10 Å². The van der Waals surface area contributed by atoms with Crippen molar-refractivity contribution in [3.8, 4) is 11.5 Å². The fourth-order valence-electron chi connectivity index (χ4n) is 1.08. The van der Waals surface area contributed by atoms with E-state index >= 15 is 0 Å². The van der Waals surface area contributed by atoms with Crippen molar-refractivity contribution in [2.75, 3.05) is 6.54 Å². The van der Waals surface area contributed by atoms with E-state index in [-0.39, 0.29) is 11.3 Å². The number of benzene rings is 1.